The van der Waals surface area contributed by atoms with E-state index in [2.05, 4.69) is 129 Å². The molecule has 0 radical (unpaired) electrons. The molecular weight excluding hydrogens is 647 g/mol. The summed E-state index contributed by atoms with van der Waals surface area (Å²) < 4.78 is 6.83. The quantitative estimate of drug-likeness (QED) is 0.185. The Morgan fingerprint density at radius 1 is 0.340 bits per heavy atom. The Bertz CT molecular complexity index is 2560. The summed E-state index contributed by atoms with van der Waals surface area (Å²) in [7, 11) is 0. The Morgan fingerprint density at radius 2 is 0.736 bits per heavy atom. The van der Waals surface area contributed by atoms with Crippen molar-refractivity contribution in [2.75, 3.05) is 0 Å². The van der Waals surface area contributed by atoms with Gasteiger partial charge in [0.2, 0.25) is 0 Å². The fraction of sp³-hybridized carbons (Fsp3) is 0.0816. The summed E-state index contributed by atoms with van der Waals surface area (Å²) in [5.74, 6) is 3.68. The molecular formula is C49H35N3O. The summed E-state index contributed by atoms with van der Waals surface area (Å²) in [4.78, 5) is 14.7. The number of para-hydroxylation sites is 1. The van der Waals surface area contributed by atoms with Gasteiger partial charge in [0.15, 0.2) is 17.5 Å². The molecule has 0 bridgehead atoms. The van der Waals surface area contributed by atoms with Gasteiger partial charge in [0.05, 0.1) is 5.41 Å². The summed E-state index contributed by atoms with van der Waals surface area (Å²) in [5.41, 5.74) is 11.9. The topological polar surface area (TPSA) is 47.9 Å². The molecule has 53 heavy (non-hydrogen) atoms. The Labute approximate surface area is 309 Å². The molecule has 0 saturated heterocycles. The van der Waals surface area contributed by atoms with Crippen LogP contribution < -0.4 is 4.74 Å². The number of nitrogens with zero attached hydrogens (tertiary/aromatic N) is 3. The second-order valence-electron chi connectivity index (χ2n) is 14.4. The van der Waals surface area contributed by atoms with E-state index in [1.807, 2.05) is 60.7 Å². The van der Waals surface area contributed by atoms with Crippen molar-refractivity contribution in [2.24, 2.45) is 0 Å². The fourth-order valence-electron chi connectivity index (χ4n) is 8.56. The number of benzene rings is 7. The van der Waals surface area contributed by atoms with Crippen LogP contribution in [0.25, 0.3) is 45.3 Å². The summed E-state index contributed by atoms with van der Waals surface area (Å²) in [6, 6.07) is 61.8. The normalized spacial score (nSPS) is 14.3. The monoisotopic (exact) mass is 681 g/mol. The molecule has 2 aliphatic rings. The van der Waals surface area contributed by atoms with Crippen LogP contribution in [0.4, 0.5) is 0 Å². The first kappa shape index (κ1) is 31.1. The average Bonchev–Trinajstić information content (AvgIpc) is 3.23. The molecule has 8 aromatic rings. The van der Waals surface area contributed by atoms with E-state index in [0.29, 0.717) is 17.5 Å². The van der Waals surface area contributed by atoms with Gasteiger partial charge < -0.3 is 4.74 Å². The molecule has 0 N–H and O–H groups in total. The zero-order valence-corrected chi connectivity index (χ0v) is 29.5. The Kier molecular flexibility index (Phi) is 7.02. The lowest BCUT2D eigenvalue weighted by molar-refractivity contribution is 0.425. The molecule has 2 heterocycles. The van der Waals surface area contributed by atoms with E-state index in [1.165, 1.54) is 27.8 Å². The van der Waals surface area contributed by atoms with Crippen molar-refractivity contribution in [3.05, 3.63) is 209 Å². The molecule has 0 amide bonds. The maximum absolute atomic E-state index is 6.83. The number of rotatable bonds is 4. The molecule has 1 aromatic heterocycles. The van der Waals surface area contributed by atoms with Crippen molar-refractivity contribution < 1.29 is 4.74 Å². The average molecular weight is 682 g/mol. The van der Waals surface area contributed by atoms with E-state index in [4.69, 9.17) is 19.7 Å². The largest absolute Gasteiger partial charge is 0.457 e. The minimum absolute atomic E-state index is 0.157. The van der Waals surface area contributed by atoms with E-state index in [-0.39, 0.29) is 5.41 Å². The Hall–Kier alpha value is -6.65. The lowest BCUT2D eigenvalue weighted by atomic mass is 9.53. The maximum atomic E-state index is 6.83. The van der Waals surface area contributed by atoms with Gasteiger partial charge in [-0.05, 0) is 45.5 Å². The molecule has 1 aliphatic heterocycles. The van der Waals surface area contributed by atoms with Crippen LogP contribution in [0.3, 0.4) is 0 Å². The van der Waals surface area contributed by atoms with Crippen LogP contribution in [-0.4, -0.2) is 15.0 Å². The highest BCUT2D eigenvalue weighted by atomic mass is 16.5. The second kappa shape index (κ2) is 12.0. The lowest BCUT2D eigenvalue weighted by Gasteiger charge is -2.50. The SMILES string of the molecule is CC1(C)c2ccccc2C2(c3ccccc3Oc3cc(-c4ccc(-c5nc(-c6ccccc6)nc(-c6ccccc6)n5)cc4)ccc32)c2ccccc21. The van der Waals surface area contributed by atoms with Crippen molar-refractivity contribution in [1.82, 2.24) is 15.0 Å². The molecule has 1 aliphatic carbocycles. The van der Waals surface area contributed by atoms with Crippen molar-refractivity contribution >= 4 is 0 Å². The van der Waals surface area contributed by atoms with Crippen LogP contribution in [0.2, 0.25) is 0 Å². The van der Waals surface area contributed by atoms with Gasteiger partial charge in [0.25, 0.3) is 0 Å². The van der Waals surface area contributed by atoms with Gasteiger partial charge in [0, 0.05) is 33.2 Å². The number of fused-ring (bicyclic) bond motifs is 8. The Balaban J connectivity index is 1.10. The van der Waals surface area contributed by atoms with Gasteiger partial charge in [-0.15, -0.1) is 0 Å². The van der Waals surface area contributed by atoms with Gasteiger partial charge in [0.1, 0.15) is 11.5 Å². The third-order valence-corrected chi connectivity index (χ3v) is 11.1. The molecule has 252 valence electrons. The lowest BCUT2D eigenvalue weighted by Crippen LogP contribution is -2.43. The van der Waals surface area contributed by atoms with Crippen LogP contribution in [0.5, 0.6) is 11.5 Å². The zero-order valence-electron chi connectivity index (χ0n) is 29.5. The molecule has 4 nitrogen and oxygen atoms in total. The predicted molar refractivity (Wildman–Crippen MR) is 212 cm³/mol. The Morgan fingerprint density at radius 3 is 1.28 bits per heavy atom. The molecule has 7 aromatic carbocycles. The summed E-state index contributed by atoms with van der Waals surface area (Å²) in [5, 5.41) is 0. The highest BCUT2D eigenvalue weighted by Gasteiger charge is 2.52. The van der Waals surface area contributed by atoms with Gasteiger partial charge in [-0.3, -0.25) is 0 Å². The minimum atomic E-state index is -0.527. The van der Waals surface area contributed by atoms with Gasteiger partial charge in [-0.2, -0.15) is 0 Å². The van der Waals surface area contributed by atoms with Gasteiger partial charge >= 0.3 is 0 Å². The molecule has 0 unspecified atom stereocenters. The van der Waals surface area contributed by atoms with Crippen LogP contribution in [0.1, 0.15) is 47.2 Å². The fourth-order valence-corrected chi connectivity index (χ4v) is 8.56. The van der Waals surface area contributed by atoms with Crippen LogP contribution in [-0.2, 0) is 10.8 Å². The van der Waals surface area contributed by atoms with Gasteiger partial charge in [-0.1, -0.05) is 178 Å². The minimum Gasteiger partial charge on any atom is -0.457 e. The van der Waals surface area contributed by atoms with Crippen molar-refractivity contribution in [2.45, 2.75) is 24.7 Å². The number of hydrogen-bond donors (Lipinski definition) is 0. The number of aromatic nitrogens is 3. The van der Waals surface area contributed by atoms with Crippen LogP contribution >= 0.6 is 0 Å². The summed E-state index contributed by atoms with van der Waals surface area (Å²) in [6.07, 6.45) is 0. The second-order valence-corrected chi connectivity index (χ2v) is 14.4. The van der Waals surface area contributed by atoms with Crippen LogP contribution in [0, 0.1) is 0 Å². The first-order valence-electron chi connectivity index (χ1n) is 18.1. The molecule has 4 heteroatoms. The molecule has 0 fully saturated rings. The third-order valence-electron chi connectivity index (χ3n) is 11.1. The summed E-state index contributed by atoms with van der Waals surface area (Å²) in [6.45, 7) is 4.69. The van der Waals surface area contributed by atoms with Crippen molar-refractivity contribution in [3.63, 3.8) is 0 Å². The molecule has 0 saturated carbocycles. The van der Waals surface area contributed by atoms with Crippen molar-refractivity contribution in [1.29, 1.82) is 0 Å². The standard InChI is InChI=1S/C49H35N3O/c1-48(2)37-19-9-11-21-39(37)49(40-22-12-10-20-38(40)48)41-23-13-14-24-43(41)53-44-31-36(29-30-42(44)49)32-25-27-35(28-26-32)47-51-45(33-15-5-3-6-16-33)50-46(52-47)34-17-7-4-8-18-34/h3-31H,1-2H3. The van der Waals surface area contributed by atoms with Gasteiger partial charge in [-0.25, -0.2) is 15.0 Å². The number of hydrogen-bond acceptors (Lipinski definition) is 4. The maximum Gasteiger partial charge on any atom is 0.164 e. The highest BCUT2D eigenvalue weighted by molar-refractivity contribution is 5.78. The van der Waals surface area contributed by atoms with Crippen LogP contribution in [0.15, 0.2) is 176 Å². The summed E-state index contributed by atoms with van der Waals surface area (Å²) >= 11 is 0. The first-order valence-corrected chi connectivity index (χ1v) is 18.1. The molecule has 10 rings (SSSR count). The van der Waals surface area contributed by atoms with E-state index < -0.39 is 5.41 Å². The number of ether oxygens (including phenoxy) is 1. The van der Waals surface area contributed by atoms with E-state index in [1.54, 1.807) is 0 Å². The first-order chi connectivity index (χ1) is 26.0. The van der Waals surface area contributed by atoms with Crippen molar-refractivity contribution in [3.8, 4) is 56.8 Å². The molecule has 0 atom stereocenters. The smallest absolute Gasteiger partial charge is 0.164 e. The highest BCUT2D eigenvalue weighted by Crippen LogP contribution is 2.61. The predicted octanol–water partition coefficient (Wildman–Crippen LogP) is 11.7. The zero-order chi connectivity index (χ0) is 35.6. The molecule has 1 spiro atoms. The third kappa shape index (κ3) is 4.79. The van der Waals surface area contributed by atoms with E-state index in [0.717, 1.165) is 44.9 Å². The van der Waals surface area contributed by atoms with E-state index in [9.17, 15) is 0 Å². The van der Waals surface area contributed by atoms with E-state index >= 15 is 0 Å².